The third kappa shape index (κ3) is 3.59. The van der Waals surface area contributed by atoms with E-state index in [1.165, 1.54) is 10.4 Å². The Morgan fingerprint density at radius 1 is 1.40 bits per heavy atom. The Morgan fingerprint density at radius 2 is 2.15 bits per heavy atom. The van der Waals surface area contributed by atoms with Crippen LogP contribution in [-0.2, 0) is 6.54 Å². The third-order valence-corrected chi connectivity index (χ3v) is 4.94. The second kappa shape index (κ2) is 6.70. The van der Waals surface area contributed by atoms with Crippen LogP contribution in [0.3, 0.4) is 0 Å². The molecule has 1 heterocycles. The number of hydrogen-bond donors (Lipinski definition) is 1. The van der Waals surface area contributed by atoms with Crippen LogP contribution < -0.4 is 10.1 Å². The number of nitrogens with zero attached hydrogens (tertiary/aromatic N) is 1. The van der Waals surface area contributed by atoms with E-state index in [0.29, 0.717) is 0 Å². The van der Waals surface area contributed by atoms with Gasteiger partial charge in [-0.05, 0) is 54.4 Å². The number of benzene rings is 1. The Labute approximate surface area is 132 Å². The highest BCUT2D eigenvalue weighted by Gasteiger charge is 2.10. The van der Waals surface area contributed by atoms with Gasteiger partial charge in [0.05, 0.1) is 22.3 Å². The molecule has 1 unspecified atom stereocenters. The van der Waals surface area contributed by atoms with E-state index < -0.39 is 0 Å². The highest BCUT2D eigenvalue weighted by atomic mass is 79.9. The van der Waals surface area contributed by atoms with Crippen LogP contribution in [0.4, 0.5) is 0 Å². The Balaban J connectivity index is 2.03. The maximum atomic E-state index is 5.25. The van der Waals surface area contributed by atoms with E-state index in [1.54, 1.807) is 18.4 Å². The molecule has 2 rings (SSSR count). The van der Waals surface area contributed by atoms with Gasteiger partial charge in [-0.1, -0.05) is 6.07 Å². The number of aromatic nitrogens is 1. The van der Waals surface area contributed by atoms with Crippen molar-refractivity contribution in [1.29, 1.82) is 0 Å². The predicted octanol–water partition coefficient (Wildman–Crippen LogP) is 4.38. The zero-order valence-electron chi connectivity index (χ0n) is 12.2. The average molecular weight is 355 g/mol. The summed E-state index contributed by atoms with van der Waals surface area (Å²) >= 11 is 5.28. The Morgan fingerprint density at radius 3 is 2.70 bits per heavy atom. The van der Waals surface area contributed by atoms with E-state index in [1.807, 2.05) is 13.0 Å². The highest BCUT2D eigenvalue weighted by Crippen LogP contribution is 2.28. The first-order chi connectivity index (χ1) is 9.51. The molecule has 3 nitrogen and oxygen atoms in total. The fourth-order valence-electron chi connectivity index (χ4n) is 2.05. The van der Waals surface area contributed by atoms with Crippen molar-refractivity contribution in [2.45, 2.75) is 33.4 Å². The monoisotopic (exact) mass is 354 g/mol. The zero-order chi connectivity index (χ0) is 14.7. The summed E-state index contributed by atoms with van der Waals surface area (Å²) in [6, 6.07) is 6.45. The summed E-state index contributed by atoms with van der Waals surface area (Å²) in [7, 11) is 1.68. The number of nitrogens with one attached hydrogen (secondary N) is 1. The van der Waals surface area contributed by atoms with Crippen LogP contribution in [0, 0.1) is 13.8 Å². The molecule has 1 aromatic heterocycles. The molecule has 20 heavy (non-hydrogen) atoms. The van der Waals surface area contributed by atoms with Gasteiger partial charge in [0, 0.05) is 17.5 Å². The van der Waals surface area contributed by atoms with Crippen molar-refractivity contribution in [3.63, 3.8) is 0 Å². The summed E-state index contributed by atoms with van der Waals surface area (Å²) in [6.07, 6.45) is 0. The fourth-order valence-corrected chi connectivity index (χ4v) is 3.50. The van der Waals surface area contributed by atoms with E-state index in [4.69, 9.17) is 4.74 Å². The molecule has 0 bridgehead atoms. The molecule has 0 aliphatic carbocycles. The van der Waals surface area contributed by atoms with Gasteiger partial charge in [-0.2, -0.15) is 0 Å². The molecular formula is C15H19BrN2OS. The molecule has 0 amide bonds. The van der Waals surface area contributed by atoms with Crippen molar-refractivity contribution in [2.75, 3.05) is 7.11 Å². The van der Waals surface area contributed by atoms with Crippen molar-refractivity contribution in [1.82, 2.24) is 10.3 Å². The van der Waals surface area contributed by atoms with Gasteiger partial charge >= 0.3 is 0 Å². The number of ether oxygens (including phenoxy) is 1. The molecule has 0 aliphatic rings. The zero-order valence-corrected chi connectivity index (χ0v) is 14.6. The number of methoxy groups -OCH3 is 1. The molecule has 1 N–H and O–H groups in total. The summed E-state index contributed by atoms with van der Waals surface area (Å²) in [4.78, 5) is 5.76. The highest BCUT2D eigenvalue weighted by molar-refractivity contribution is 9.10. The summed E-state index contributed by atoms with van der Waals surface area (Å²) in [5.74, 6) is 0.856. The molecule has 0 fully saturated rings. The van der Waals surface area contributed by atoms with Gasteiger partial charge in [-0.15, -0.1) is 11.3 Å². The summed E-state index contributed by atoms with van der Waals surface area (Å²) in [5, 5.41) is 4.67. The van der Waals surface area contributed by atoms with Crippen molar-refractivity contribution in [3.05, 3.63) is 43.8 Å². The number of aryl methyl sites for hydroxylation is 2. The van der Waals surface area contributed by atoms with Gasteiger partial charge in [-0.25, -0.2) is 4.98 Å². The lowest BCUT2D eigenvalue weighted by Crippen LogP contribution is -2.18. The molecule has 0 aliphatic heterocycles. The first kappa shape index (κ1) is 15.5. The van der Waals surface area contributed by atoms with E-state index in [-0.39, 0.29) is 6.04 Å². The van der Waals surface area contributed by atoms with Gasteiger partial charge in [0.15, 0.2) is 0 Å². The molecule has 0 saturated heterocycles. The lowest BCUT2D eigenvalue weighted by atomic mass is 10.1. The van der Waals surface area contributed by atoms with E-state index in [9.17, 15) is 0 Å². The fraction of sp³-hybridized carbons (Fsp3) is 0.400. The summed E-state index contributed by atoms with van der Waals surface area (Å²) < 4.78 is 6.24. The lowest BCUT2D eigenvalue weighted by Gasteiger charge is -2.15. The molecule has 2 aromatic rings. The summed E-state index contributed by atoms with van der Waals surface area (Å²) in [6.45, 7) is 7.12. The predicted molar refractivity (Wildman–Crippen MR) is 87.5 cm³/mol. The Bertz CT molecular complexity index is 598. The average Bonchev–Trinajstić information content (AvgIpc) is 2.74. The van der Waals surface area contributed by atoms with Crippen LogP contribution in [0.2, 0.25) is 0 Å². The molecule has 0 spiro atoms. The van der Waals surface area contributed by atoms with Crippen molar-refractivity contribution in [3.8, 4) is 5.75 Å². The largest absolute Gasteiger partial charge is 0.496 e. The summed E-state index contributed by atoms with van der Waals surface area (Å²) in [5.41, 5.74) is 2.36. The van der Waals surface area contributed by atoms with Crippen LogP contribution in [0.15, 0.2) is 22.7 Å². The smallest absolute Gasteiger partial charge is 0.133 e. The lowest BCUT2D eigenvalue weighted by molar-refractivity contribution is 0.411. The van der Waals surface area contributed by atoms with E-state index >= 15 is 0 Å². The van der Waals surface area contributed by atoms with Gasteiger partial charge < -0.3 is 10.1 Å². The Kier molecular flexibility index (Phi) is 5.18. The molecule has 5 heteroatoms. The maximum absolute atomic E-state index is 5.25. The standard InChI is InChI=1S/C15H19BrN2OS/c1-9(12-5-6-14(19-4)13(16)7-12)17-8-15-10(2)18-11(3)20-15/h5-7,9,17H,8H2,1-4H3. The van der Waals surface area contributed by atoms with Crippen molar-refractivity contribution in [2.24, 2.45) is 0 Å². The molecule has 1 atom stereocenters. The SMILES string of the molecule is COc1ccc(C(C)NCc2sc(C)nc2C)cc1Br. The third-order valence-electron chi connectivity index (χ3n) is 3.24. The van der Waals surface area contributed by atoms with Crippen LogP contribution in [0.1, 0.15) is 34.1 Å². The minimum Gasteiger partial charge on any atom is -0.496 e. The van der Waals surface area contributed by atoms with E-state index in [0.717, 1.165) is 27.5 Å². The minimum absolute atomic E-state index is 0.277. The van der Waals surface area contributed by atoms with Crippen LogP contribution in [0.5, 0.6) is 5.75 Å². The van der Waals surface area contributed by atoms with Gasteiger partial charge in [0.2, 0.25) is 0 Å². The number of hydrogen-bond acceptors (Lipinski definition) is 4. The number of rotatable bonds is 5. The molecule has 0 saturated carbocycles. The first-order valence-corrected chi connectivity index (χ1v) is 8.12. The van der Waals surface area contributed by atoms with Crippen LogP contribution >= 0.6 is 27.3 Å². The maximum Gasteiger partial charge on any atom is 0.133 e. The van der Waals surface area contributed by atoms with Crippen LogP contribution in [0.25, 0.3) is 0 Å². The second-order valence-corrected chi connectivity index (χ2v) is 6.88. The van der Waals surface area contributed by atoms with Gasteiger partial charge in [0.1, 0.15) is 5.75 Å². The second-order valence-electron chi connectivity index (χ2n) is 4.74. The molecular weight excluding hydrogens is 336 g/mol. The minimum atomic E-state index is 0.277. The molecule has 0 radical (unpaired) electrons. The number of halogens is 1. The topological polar surface area (TPSA) is 34.1 Å². The van der Waals surface area contributed by atoms with Gasteiger partial charge in [0.25, 0.3) is 0 Å². The Hall–Kier alpha value is -0.910. The van der Waals surface area contributed by atoms with Crippen LogP contribution in [-0.4, -0.2) is 12.1 Å². The van der Waals surface area contributed by atoms with Crippen molar-refractivity contribution >= 4 is 27.3 Å². The van der Waals surface area contributed by atoms with E-state index in [2.05, 4.69) is 52.2 Å². The first-order valence-electron chi connectivity index (χ1n) is 6.51. The quantitative estimate of drug-likeness (QED) is 0.864. The number of thiazole rings is 1. The van der Waals surface area contributed by atoms with Gasteiger partial charge in [-0.3, -0.25) is 0 Å². The van der Waals surface area contributed by atoms with Crippen molar-refractivity contribution < 1.29 is 4.74 Å². The molecule has 108 valence electrons. The normalized spacial score (nSPS) is 12.4. The molecule has 1 aromatic carbocycles.